The lowest BCUT2D eigenvalue weighted by Crippen LogP contribution is -2.70. The minimum Gasteiger partial charge on any atom is -0.508 e. The van der Waals surface area contributed by atoms with E-state index in [2.05, 4.69) is 17.8 Å². The van der Waals surface area contributed by atoms with Crippen molar-refractivity contribution in [1.82, 2.24) is 4.90 Å². The number of amides is 1. The summed E-state index contributed by atoms with van der Waals surface area (Å²) in [5.74, 6) is -0.463. The number of aliphatic hydroxyl groups is 3. The first-order chi connectivity index (χ1) is 24.9. The van der Waals surface area contributed by atoms with Gasteiger partial charge in [-0.05, 0) is 73.6 Å². The number of phenolic OH excluding ortho intramolecular Hbond substituents is 1. The van der Waals surface area contributed by atoms with E-state index in [0.717, 1.165) is 61.8 Å². The number of aliphatic hydroxyl groups excluding tert-OH is 3. The maximum Gasteiger partial charge on any atom is 0.239 e. The van der Waals surface area contributed by atoms with Gasteiger partial charge in [0.2, 0.25) is 11.7 Å². The Morgan fingerprint density at radius 2 is 1.82 bits per heavy atom. The predicted molar refractivity (Wildman–Crippen MR) is 194 cm³/mol. The van der Waals surface area contributed by atoms with Crippen LogP contribution in [0.4, 0.5) is 0 Å². The van der Waals surface area contributed by atoms with Gasteiger partial charge in [-0.3, -0.25) is 4.79 Å². The monoisotopic (exact) mass is 712 g/mol. The lowest BCUT2D eigenvalue weighted by Gasteiger charge is -2.60. The molecule has 4 N–H and O–H groups in total. The molecule has 1 amide bonds. The number of ether oxygens (including phenoxy) is 3. The largest absolute Gasteiger partial charge is 0.508 e. The summed E-state index contributed by atoms with van der Waals surface area (Å²) < 4.78 is 19.8. The van der Waals surface area contributed by atoms with Crippen molar-refractivity contribution in [3.8, 4) is 11.5 Å². The Labute approximate surface area is 303 Å². The van der Waals surface area contributed by atoms with Gasteiger partial charge in [-0.15, -0.1) is 6.58 Å². The molecule has 4 aliphatic rings. The zero-order valence-electron chi connectivity index (χ0n) is 30.4. The molecule has 1 aromatic rings. The van der Waals surface area contributed by atoms with E-state index in [9.17, 15) is 25.2 Å². The van der Waals surface area contributed by atoms with Crippen LogP contribution in [0.25, 0.3) is 0 Å². The van der Waals surface area contributed by atoms with Crippen molar-refractivity contribution >= 4 is 11.6 Å². The van der Waals surface area contributed by atoms with Crippen molar-refractivity contribution in [1.29, 1.82) is 0 Å². The van der Waals surface area contributed by atoms with Crippen molar-refractivity contribution in [2.45, 2.75) is 101 Å². The van der Waals surface area contributed by atoms with Gasteiger partial charge < -0.3 is 44.4 Å². The number of oxime groups is 1. The maximum atomic E-state index is 14.5. The molecule has 1 aliphatic heterocycles. The van der Waals surface area contributed by atoms with Crippen LogP contribution < -0.4 is 4.74 Å². The van der Waals surface area contributed by atoms with Crippen molar-refractivity contribution in [3.05, 3.63) is 48.1 Å². The molecule has 51 heavy (non-hydrogen) atoms. The molecule has 3 aliphatic carbocycles. The minimum atomic E-state index is -1.34. The molecular weight excluding hydrogens is 652 g/mol. The third-order valence-corrected chi connectivity index (χ3v) is 11.5. The fourth-order valence-electron chi connectivity index (χ4n) is 9.32. The number of carbonyl (C=O) groups excluding carboxylic acids is 1. The van der Waals surface area contributed by atoms with Crippen molar-refractivity contribution in [2.75, 3.05) is 53.3 Å². The highest BCUT2D eigenvalue weighted by Crippen LogP contribution is 2.61. The van der Waals surface area contributed by atoms with E-state index >= 15 is 0 Å². The Kier molecular flexibility index (Phi) is 14.8. The number of nitrogens with zero attached hydrogens (tertiary/aromatic N) is 2. The third-order valence-electron chi connectivity index (χ3n) is 11.5. The van der Waals surface area contributed by atoms with Gasteiger partial charge in [-0.25, -0.2) is 0 Å². The molecule has 0 aromatic heterocycles. The number of aromatic hydroxyl groups is 1. The van der Waals surface area contributed by atoms with Gasteiger partial charge in [0.1, 0.15) is 24.7 Å². The van der Waals surface area contributed by atoms with Crippen molar-refractivity contribution in [2.24, 2.45) is 28.8 Å². The fourth-order valence-corrected chi connectivity index (χ4v) is 9.32. The average molecular weight is 713 g/mol. The molecule has 0 spiro atoms. The van der Waals surface area contributed by atoms with Crippen LogP contribution in [-0.2, 0) is 19.1 Å². The molecule has 1 aromatic carbocycles. The van der Waals surface area contributed by atoms with Gasteiger partial charge in [0.05, 0.1) is 38.1 Å². The first kappa shape index (κ1) is 39.3. The molecule has 0 bridgehead atoms. The Morgan fingerprint density at radius 3 is 2.53 bits per heavy atom. The second kappa shape index (κ2) is 19.2. The molecule has 2 saturated carbocycles. The molecule has 6 unspecified atom stereocenters. The van der Waals surface area contributed by atoms with Crippen LogP contribution in [0.5, 0.6) is 11.5 Å². The summed E-state index contributed by atoms with van der Waals surface area (Å²) in [6.45, 7) is 4.95. The fraction of sp³-hybridized carbons (Fsp3) is 0.700. The zero-order valence-corrected chi connectivity index (χ0v) is 30.4. The summed E-state index contributed by atoms with van der Waals surface area (Å²) in [6.07, 6.45) is 14.9. The number of fused-ring (bicyclic) bond motifs is 2. The van der Waals surface area contributed by atoms with E-state index in [0.29, 0.717) is 37.4 Å². The van der Waals surface area contributed by atoms with E-state index in [-0.39, 0.29) is 75.6 Å². The Balaban J connectivity index is 1.68. The number of unbranched alkanes of at least 4 members (excludes halogenated alkanes) is 2. The lowest BCUT2D eigenvalue weighted by atomic mass is 9.55. The average Bonchev–Trinajstić information content (AvgIpc) is 3.66. The molecular formula is C40H60N2O9. The summed E-state index contributed by atoms with van der Waals surface area (Å²) in [5, 5.41) is 44.4. The topological polar surface area (TPSA) is 151 Å². The van der Waals surface area contributed by atoms with Crippen LogP contribution in [0.1, 0.15) is 95.0 Å². The lowest BCUT2D eigenvalue weighted by molar-refractivity contribution is -0.258. The van der Waals surface area contributed by atoms with Crippen LogP contribution in [0.2, 0.25) is 0 Å². The summed E-state index contributed by atoms with van der Waals surface area (Å²) >= 11 is 0. The predicted octanol–water partition coefficient (Wildman–Crippen LogP) is 5.46. The number of carbonyl (C=O) groups is 1. The second-order valence-corrected chi connectivity index (χ2v) is 14.6. The van der Waals surface area contributed by atoms with Crippen molar-refractivity contribution < 1.29 is 44.3 Å². The molecule has 0 radical (unpaired) electrons. The SMILES string of the molecule is C=CCOC12Oc3ccc(O)cc3C3C(CCCCO)C(CCCCO)C=C(C(=NOC)CC1N(CCOCCO)C(=O)CCC1CCCC1)C32. The van der Waals surface area contributed by atoms with E-state index in [4.69, 9.17) is 19.0 Å². The number of phenols is 1. The summed E-state index contributed by atoms with van der Waals surface area (Å²) in [7, 11) is 1.54. The highest BCUT2D eigenvalue weighted by atomic mass is 16.7. The summed E-state index contributed by atoms with van der Waals surface area (Å²) in [6, 6.07) is 4.61. The molecule has 6 atom stereocenters. The smallest absolute Gasteiger partial charge is 0.239 e. The maximum absolute atomic E-state index is 14.5. The Bertz CT molecular complexity index is 1340. The molecule has 5 rings (SSSR count). The van der Waals surface area contributed by atoms with E-state index in [1.165, 1.54) is 20.0 Å². The summed E-state index contributed by atoms with van der Waals surface area (Å²) in [5.41, 5.74) is 2.57. The Morgan fingerprint density at radius 1 is 1.06 bits per heavy atom. The Hall–Kier alpha value is -2.96. The standard InChI is InChI=1S/C40H60N2O9/c1-3-22-50-40-36(42(18-23-49-24-21-45)37(47)17-14-28-10-4-5-11-28)27-34(41-48-2)32-25-29(12-6-8-19-43)31(13-7-9-20-44)38(39(32)40)33-26-30(46)15-16-35(33)51-40/h3,15-16,25-26,28-29,31,36,38-39,43-46H,1,4-14,17-24,27H2,2H3. The summed E-state index contributed by atoms with van der Waals surface area (Å²) in [4.78, 5) is 21.9. The highest BCUT2D eigenvalue weighted by Gasteiger charge is 2.65. The van der Waals surface area contributed by atoms with Crippen LogP contribution in [0.3, 0.4) is 0 Å². The number of hydrogen-bond acceptors (Lipinski definition) is 10. The quantitative estimate of drug-likeness (QED) is 0.0740. The van der Waals surface area contributed by atoms with Crippen molar-refractivity contribution in [3.63, 3.8) is 0 Å². The van der Waals surface area contributed by atoms with E-state index < -0.39 is 17.7 Å². The first-order valence-electron chi connectivity index (χ1n) is 19.2. The van der Waals surface area contributed by atoms with Gasteiger partial charge in [0, 0.05) is 44.1 Å². The van der Waals surface area contributed by atoms with Crippen LogP contribution in [0, 0.1) is 23.7 Å². The number of rotatable bonds is 21. The molecule has 2 fully saturated rings. The van der Waals surface area contributed by atoms with E-state index in [1.54, 1.807) is 24.3 Å². The van der Waals surface area contributed by atoms with Gasteiger partial charge in [0.15, 0.2) is 0 Å². The van der Waals surface area contributed by atoms with Crippen LogP contribution in [0.15, 0.2) is 47.7 Å². The second-order valence-electron chi connectivity index (χ2n) is 14.6. The third kappa shape index (κ3) is 8.99. The van der Waals surface area contributed by atoms with Gasteiger partial charge in [-0.2, -0.15) is 0 Å². The van der Waals surface area contributed by atoms with Crippen LogP contribution in [-0.4, -0.2) is 102 Å². The van der Waals surface area contributed by atoms with Gasteiger partial charge >= 0.3 is 0 Å². The van der Waals surface area contributed by atoms with Gasteiger partial charge in [-0.1, -0.05) is 55.8 Å². The molecule has 1 heterocycles. The molecule has 11 heteroatoms. The normalized spacial score (nSPS) is 27.7. The minimum absolute atomic E-state index is 0.000823. The molecule has 284 valence electrons. The number of hydrogen-bond donors (Lipinski definition) is 4. The molecule has 0 saturated heterocycles. The van der Waals surface area contributed by atoms with Gasteiger partial charge in [0.25, 0.3) is 0 Å². The first-order valence-corrected chi connectivity index (χ1v) is 19.2. The number of allylic oxidation sites excluding steroid dienone is 1. The zero-order chi connectivity index (χ0) is 36.2. The highest BCUT2D eigenvalue weighted by molar-refractivity contribution is 6.03. The van der Waals surface area contributed by atoms with E-state index in [1.807, 2.05) is 4.90 Å². The molecule has 11 nitrogen and oxygen atoms in total. The number of benzene rings is 1. The van der Waals surface area contributed by atoms with Crippen LogP contribution >= 0.6 is 0 Å².